The summed E-state index contributed by atoms with van der Waals surface area (Å²) in [4.78, 5) is 0. The highest BCUT2D eigenvalue weighted by Crippen LogP contribution is 2.30. The zero-order valence-corrected chi connectivity index (χ0v) is 15.9. The fraction of sp³-hybridized carbons (Fsp3) is 0.143. The van der Waals surface area contributed by atoms with Crippen LogP contribution in [-0.2, 0) is 12.1 Å². The van der Waals surface area contributed by atoms with E-state index in [0.717, 1.165) is 5.56 Å². The van der Waals surface area contributed by atoms with Gasteiger partial charge in [-0.05, 0) is 47.0 Å². The second-order valence-electron chi connectivity index (χ2n) is 6.07. The first-order valence-corrected chi connectivity index (χ1v) is 8.55. The molecule has 0 amide bonds. The molecule has 0 unspecified atom stereocenters. The molecule has 0 saturated heterocycles. The second kappa shape index (κ2) is 9.29. The van der Waals surface area contributed by atoms with E-state index in [1.165, 1.54) is 48.5 Å². The number of hydrogen-bond donors (Lipinski definition) is 2. The van der Waals surface area contributed by atoms with Gasteiger partial charge in [-0.25, -0.2) is 8.78 Å². The fourth-order valence-electron chi connectivity index (χ4n) is 2.84. The normalized spacial score (nSPS) is 11.1. The van der Waals surface area contributed by atoms with Gasteiger partial charge < -0.3 is 10.4 Å². The summed E-state index contributed by atoms with van der Waals surface area (Å²) >= 11 is 6.16. The van der Waals surface area contributed by atoms with Crippen LogP contribution in [0, 0.1) is 11.6 Å². The van der Waals surface area contributed by atoms with Crippen molar-refractivity contribution >= 4 is 24.0 Å². The summed E-state index contributed by atoms with van der Waals surface area (Å²) < 4.78 is 26.6. The Morgan fingerprint density at radius 2 is 1.30 bits per heavy atom. The lowest BCUT2D eigenvalue weighted by Gasteiger charge is -2.30. The average molecular weight is 410 g/mol. The highest BCUT2D eigenvalue weighted by atomic mass is 35.5. The largest absolute Gasteiger partial charge is 0.379 e. The molecule has 0 fully saturated rings. The van der Waals surface area contributed by atoms with Crippen molar-refractivity contribution in [1.29, 1.82) is 0 Å². The molecule has 0 radical (unpaired) electrons. The molecule has 0 saturated carbocycles. The molecule has 0 heterocycles. The van der Waals surface area contributed by atoms with E-state index in [0.29, 0.717) is 22.7 Å². The van der Waals surface area contributed by atoms with E-state index < -0.39 is 5.60 Å². The van der Waals surface area contributed by atoms with E-state index >= 15 is 0 Å². The number of aliphatic hydroxyl groups is 1. The summed E-state index contributed by atoms with van der Waals surface area (Å²) in [7, 11) is 0. The SMILES string of the molecule is Cl.OC(CNCc1ccccc1Cl)(c1ccc(F)cc1)c1ccc(F)cc1. The number of rotatable bonds is 6. The lowest BCUT2D eigenvalue weighted by atomic mass is 9.86. The molecular weight excluding hydrogens is 391 g/mol. The van der Waals surface area contributed by atoms with Gasteiger partial charge in [0.2, 0.25) is 0 Å². The number of nitrogens with one attached hydrogen (secondary N) is 1. The molecule has 3 aromatic rings. The van der Waals surface area contributed by atoms with Crippen molar-refractivity contribution in [3.05, 3.63) is 106 Å². The number of halogens is 4. The Labute approximate surface area is 168 Å². The van der Waals surface area contributed by atoms with Gasteiger partial charge in [-0.2, -0.15) is 0 Å². The minimum Gasteiger partial charge on any atom is -0.379 e. The molecule has 0 spiro atoms. The zero-order chi connectivity index (χ0) is 18.6. The first-order chi connectivity index (χ1) is 12.5. The topological polar surface area (TPSA) is 32.3 Å². The zero-order valence-electron chi connectivity index (χ0n) is 14.3. The molecule has 27 heavy (non-hydrogen) atoms. The molecule has 0 aliphatic carbocycles. The molecule has 2 nitrogen and oxygen atoms in total. The molecular formula is C21H19Cl2F2NO. The monoisotopic (exact) mass is 409 g/mol. The minimum absolute atomic E-state index is 0. The lowest BCUT2D eigenvalue weighted by molar-refractivity contribution is 0.0795. The van der Waals surface area contributed by atoms with E-state index in [-0.39, 0.29) is 30.6 Å². The van der Waals surface area contributed by atoms with Crippen LogP contribution >= 0.6 is 24.0 Å². The van der Waals surface area contributed by atoms with Crippen molar-refractivity contribution in [2.45, 2.75) is 12.1 Å². The Hall–Kier alpha value is -1.98. The molecule has 0 aliphatic rings. The third kappa shape index (κ3) is 5.05. The van der Waals surface area contributed by atoms with Gasteiger partial charge in [0, 0.05) is 18.1 Å². The molecule has 0 aromatic heterocycles. The van der Waals surface area contributed by atoms with Crippen LogP contribution in [0.2, 0.25) is 5.02 Å². The maximum Gasteiger partial charge on any atom is 0.127 e. The summed E-state index contributed by atoms with van der Waals surface area (Å²) in [5, 5.41) is 15.2. The molecule has 2 N–H and O–H groups in total. The summed E-state index contributed by atoms with van der Waals surface area (Å²) in [6.07, 6.45) is 0. The summed E-state index contributed by atoms with van der Waals surface area (Å²) in [6.45, 7) is 0.597. The van der Waals surface area contributed by atoms with Gasteiger partial charge in [-0.1, -0.05) is 54.1 Å². The third-order valence-electron chi connectivity index (χ3n) is 4.30. The quantitative estimate of drug-likeness (QED) is 0.595. The minimum atomic E-state index is -1.44. The van der Waals surface area contributed by atoms with Gasteiger partial charge in [-0.15, -0.1) is 12.4 Å². The van der Waals surface area contributed by atoms with E-state index in [4.69, 9.17) is 11.6 Å². The lowest BCUT2D eigenvalue weighted by Crippen LogP contribution is -2.39. The van der Waals surface area contributed by atoms with Crippen molar-refractivity contribution in [3.8, 4) is 0 Å². The van der Waals surface area contributed by atoms with Gasteiger partial charge in [-0.3, -0.25) is 0 Å². The Kier molecular flexibility index (Phi) is 7.33. The van der Waals surface area contributed by atoms with Gasteiger partial charge in [0.1, 0.15) is 17.2 Å². The van der Waals surface area contributed by atoms with Crippen LogP contribution in [-0.4, -0.2) is 11.7 Å². The Morgan fingerprint density at radius 1 is 0.815 bits per heavy atom. The van der Waals surface area contributed by atoms with E-state index in [2.05, 4.69) is 5.32 Å². The molecule has 142 valence electrons. The van der Waals surface area contributed by atoms with Crippen LogP contribution in [0.5, 0.6) is 0 Å². The Balaban J connectivity index is 0.00000261. The molecule has 0 bridgehead atoms. The predicted octanol–water partition coefficient (Wildman–Crippen LogP) is 5.07. The van der Waals surface area contributed by atoms with Crippen LogP contribution in [0.1, 0.15) is 16.7 Å². The van der Waals surface area contributed by atoms with Crippen LogP contribution in [0.15, 0.2) is 72.8 Å². The van der Waals surface area contributed by atoms with Gasteiger partial charge in [0.25, 0.3) is 0 Å². The number of benzene rings is 3. The van der Waals surface area contributed by atoms with Crippen molar-refractivity contribution < 1.29 is 13.9 Å². The molecule has 0 aliphatic heterocycles. The van der Waals surface area contributed by atoms with E-state index in [1.807, 2.05) is 18.2 Å². The van der Waals surface area contributed by atoms with Crippen molar-refractivity contribution in [3.63, 3.8) is 0 Å². The molecule has 3 aromatic carbocycles. The standard InChI is InChI=1S/C21H18ClF2NO.ClH/c22-20-4-2-1-3-15(20)13-25-14-21(26,16-5-9-18(23)10-6-16)17-7-11-19(24)12-8-17;/h1-12,25-26H,13-14H2;1H. The second-order valence-corrected chi connectivity index (χ2v) is 6.48. The molecule has 3 rings (SSSR count). The van der Waals surface area contributed by atoms with Gasteiger partial charge in [0.15, 0.2) is 0 Å². The van der Waals surface area contributed by atoms with E-state index in [1.54, 1.807) is 6.07 Å². The smallest absolute Gasteiger partial charge is 0.127 e. The van der Waals surface area contributed by atoms with Crippen molar-refractivity contribution in [2.75, 3.05) is 6.54 Å². The third-order valence-corrected chi connectivity index (χ3v) is 4.67. The number of hydrogen-bond acceptors (Lipinski definition) is 2. The van der Waals surface area contributed by atoms with Crippen LogP contribution in [0.3, 0.4) is 0 Å². The first kappa shape index (κ1) is 21.3. The molecule has 0 atom stereocenters. The summed E-state index contributed by atoms with van der Waals surface area (Å²) in [6, 6.07) is 18.7. The van der Waals surface area contributed by atoms with Crippen LogP contribution < -0.4 is 5.32 Å². The van der Waals surface area contributed by atoms with Crippen LogP contribution in [0.4, 0.5) is 8.78 Å². The van der Waals surface area contributed by atoms with Gasteiger partial charge in [0.05, 0.1) is 0 Å². The van der Waals surface area contributed by atoms with Crippen LogP contribution in [0.25, 0.3) is 0 Å². The van der Waals surface area contributed by atoms with Gasteiger partial charge >= 0.3 is 0 Å². The van der Waals surface area contributed by atoms with Crippen molar-refractivity contribution in [2.24, 2.45) is 0 Å². The summed E-state index contributed by atoms with van der Waals surface area (Å²) in [5.74, 6) is -0.779. The molecule has 6 heteroatoms. The Morgan fingerprint density at radius 3 is 1.78 bits per heavy atom. The maximum absolute atomic E-state index is 13.3. The van der Waals surface area contributed by atoms with E-state index in [9.17, 15) is 13.9 Å². The first-order valence-electron chi connectivity index (χ1n) is 8.17. The summed E-state index contributed by atoms with van der Waals surface area (Å²) in [5.41, 5.74) is 0.479. The highest BCUT2D eigenvalue weighted by Gasteiger charge is 2.31. The average Bonchev–Trinajstić information content (AvgIpc) is 2.64. The predicted molar refractivity (Wildman–Crippen MR) is 106 cm³/mol. The Bertz CT molecular complexity index is 825. The fourth-order valence-corrected chi connectivity index (χ4v) is 3.04. The highest BCUT2D eigenvalue weighted by molar-refractivity contribution is 6.31. The maximum atomic E-state index is 13.3. The van der Waals surface area contributed by atoms with Crippen molar-refractivity contribution in [1.82, 2.24) is 5.32 Å².